The van der Waals surface area contributed by atoms with Crippen molar-refractivity contribution in [2.45, 2.75) is 13.0 Å². The first-order chi connectivity index (χ1) is 6.11. The Labute approximate surface area is 84.3 Å². The van der Waals surface area contributed by atoms with Crippen LogP contribution in [0.2, 0.25) is 5.02 Å². The minimum atomic E-state index is 0.154. The van der Waals surface area contributed by atoms with Crippen LogP contribution in [0, 0.1) is 0 Å². The van der Waals surface area contributed by atoms with Gasteiger partial charge in [0.2, 0.25) is 0 Å². The predicted octanol–water partition coefficient (Wildman–Crippen LogP) is 2.12. The molecule has 1 aromatic carbocycles. The van der Waals surface area contributed by atoms with E-state index in [1.165, 1.54) is 0 Å². The van der Waals surface area contributed by atoms with Crippen LogP contribution in [0.4, 0.5) is 5.69 Å². The number of rotatable bonds is 3. The summed E-state index contributed by atoms with van der Waals surface area (Å²) in [7, 11) is 1.99. The highest BCUT2D eigenvalue weighted by Gasteiger charge is 2.05. The predicted molar refractivity (Wildman–Crippen MR) is 58.4 cm³/mol. The van der Waals surface area contributed by atoms with E-state index < -0.39 is 0 Å². The lowest BCUT2D eigenvalue weighted by Crippen LogP contribution is -2.32. The molecule has 0 saturated carbocycles. The summed E-state index contributed by atoms with van der Waals surface area (Å²) in [6, 6.07) is 7.92. The third-order valence-electron chi connectivity index (χ3n) is 1.83. The number of halogens is 1. The van der Waals surface area contributed by atoms with Gasteiger partial charge >= 0.3 is 0 Å². The average Bonchev–Trinajstić information content (AvgIpc) is 2.03. The van der Waals surface area contributed by atoms with Gasteiger partial charge in [0.15, 0.2) is 0 Å². The first-order valence-electron chi connectivity index (χ1n) is 4.32. The van der Waals surface area contributed by atoms with E-state index in [0.717, 1.165) is 17.3 Å². The molecule has 0 aliphatic rings. The van der Waals surface area contributed by atoms with Gasteiger partial charge in [-0.05, 0) is 19.1 Å². The Bertz CT molecular complexity index is 273. The van der Waals surface area contributed by atoms with E-state index in [1.807, 2.05) is 38.2 Å². The lowest BCUT2D eigenvalue weighted by atomic mass is 10.2. The van der Waals surface area contributed by atoms with Crippen LogP contribution in [0.5, 0.6) is 0 Å². The van der Waals surface area contributed by atoms with Crippen molar-refractivity contribution in [3.63, 3.8) is 0 Å². The number of nitrogens with zero attached hydrogens (tertiary/aromatic N) is 1. The van der Waals surface area contributed by atoms with E-state index in [-0.39, 0.29) is 6.04 Å². The number of hydrogen-bond acceptors (Lipinski definition) is 2. The normalized spacial score (nSPS) is 12.6. The fraction of sp³-hybridized carbons (Fsp3) is 0.400. The molecule has 2 nitrogen and oxygen atoms in total. The summed E-state index contributed by atoms with van der Waals surface area (Å²) in [5, 5.41) is 0.769. The molecule has 0 saturated heterocycles. The maximum absolute atomic E-state index is 6.02. The van der Waals surface area contributed by atoms with E-state index in [4.69, 9.17) is 17.3 Å². The van der Waals surface area contributed by atoms with Crippen LogP contribution < -0.4 is 10.6 Å². The molecular weight excluding hydrogens is 184 g/mol. The molecule has 13 heavy (non-hydrogen) atoms. The standard InChI is InChI=1S/C10H15ClN2/c1-8(12)7-13(2)10-6-4-3-5-9(10)11/h3-6,8H,7,12H2,1-2H3. The zero-order chi connectivity index (χ0) is 9.84. The molecule has 1 aromatic rings. The molecule has 72 valence electrons. The molecule has 0 aliphatic heterocycles. The maximum Gasteiger partial charge on any atom is 0.0639 e. The van der Waals surface area contributed by atoms with Crippen molar-refractivity contribution in [2.24, 2.45) is 5.73 Å². The number of nitrogens with two attached hydrogens (primary N) is 1. The summed E-state index contributed by atoms with van der Waals surface area (Å²) in [4.78, 5) is 2.06. The van der Waals surface area contributed by atoms with Gasteiger partial charge in [-0.2, -0.15) is 0 Å². The van der Waals surface area contributed by atoms with E-state index >= 15 is 0 Å². The van der Waals surface area contributed by atoms with Gasteiger partial charge in [0, 0.05) is 19.6 Å². The minimum Gasteiger partial charge on any atom is -0.372 e. The molecule has 0 heterocycles. The van der Waals surface area contributed by atoms with Crippen molar-refractivity contribution < 1.29 is 0 Å². The Kier molecular flexibility index (Phi) is 3.58. The molecule has 1 unspecified atom stereocenters. The molecule has 2 N–H and O–H groups in total. The van der Waals surface area contributed by atoms with Crippen LogP contribution in [-0.2, 0) is 0 Å². The Morgan fingerprint density at radius 1 is 1.46 bits per heavy atom. The van der Waals surface area contributed by atoms with Crippen molar-refractivity contribution >= 4 is 17.3 Å². The highest BCUT2D eigenvalue weighted by molar-refractivity contribution is 6.33. The summed E-state index contributed by atoms with van der Waals surface area (Å²) < 4.78 is 0. The van der Waals surface area contributed by atoms with Crippen LogP contribution >= 0.6 is 11.6 Å². The fourth-order valence-corrected chi connectivity index (χ4v) is 1.57. The zero-order valence-electron chi connectivity index (χ0n) is 8.00. The number of hydrogen-bond donors (Lipinski definition) is 1. The lowest BCUT2D eigenvalue weighted by molar-refractivity contribution is 0.718. The molecule has 0 radical (unpaired) electrons. The van der Waals surface area contributed by atoms with E-state index in [0.29, 0.717) is 0 Å². The van der Waals surface area contributed by atoms with E-state index in [1.54, 1.807) is 0 Å². The Morgan fingerprint density at radius 3 is 2.62 bits per heavy atom. The van der Waals surface area contributed by atoms with E-state index in [2.05, 4.69) is 4.90 Å². The molecule has 0 bridgehead atoms. The number of likely N-dealkylation sites (N-methyl/N-ethyl adjacent to an activating group) is 1. The maximum atomic E-state index is 6.02. The summed E-state index contributed by atoms with van der Waals surface area (Å²) in [5.41, 5.74) is 6.73. The van der Waals surface area contributed by atoms with Gasteiger partial charge in [-0.25, -0.2) is 0 Å². The van der Waals surface area contributed by atoms with Crippen LogP contribution in [0.15, 0.2) is 24.3 Å². The Hall–Kier alpha value is -0.730. The van der Waals surface area contributed by atoms with Gasteiger partial charge in [0.25, 0.3) is 0 Å². The first-order valence-corrected chi connectivity index (χ1v) is 4.70. The molecule has 0 aliphatic carbocycles. The van der Waals surface area contributed by atoms with Gasteiger partial charge < -0.3 is 10.6 Å². The van der Waals surface area contributed by atoms with Crippen LogP contribution in [0.25, 0.3) is 0 Å². The van der Waals surface area contributed by atoms with Gasteiger partial charge in [-0.3, -0.25) is 0 Å². The van der Waals surface area contributed by atoms with Gasteiger partial charge in [-0.15, -0.1) is 0 Å². The molecule has 3 heteroatoms. The molecule has 1 rings (SSSR count). The largest absolute Gasteiger partial charge is 0.372 e. The van der Waals surface area contributed by atoms with Crippen LogP contribution in [0.3, 0.4) is 0 Å². The molecule has 0 fully saturated rings. The second kappa shape index (κ2) is 4.49. The van der Waals surface area contributed by atoms with Crippen molar-refractivity contribution in [2.75, 3.05) is 18.5 Å². The van der Waals surface area contributed by atoms with Crippen molar-refractivity contribution in [1.29, 1.82) is 0 Å². The van der Waals surface area contributed by atoms with Crippen molar-refractivity contribution in [3.05, 3.63) is 29.3 Å². The Morgan fingerprint density at radius 2 is 2.08 bits per heavy atom. The second-order valence-corrected chi connectivity index (χ2v) is 3.72. The molecule has 1 atom stereocenters. The van der Waals surface area contributed by atoms with Crippen molar-refractivity contribution in [3.8, 4) is 0 Å². The monoisotopic (exact) mass is 198 g/mol. The second-order valence-electron chi connectivity index (χ2n) is 3.31. The third-order valence-corrected chi connectivity index (χ3v) is 2.15. The third kappa shape index (κ3) is 2.90. The van der Waals surface area contributed by atoms with Crippen LogP contribution in [0.1, 0.15) is 6.92 Å². The lowest BCUT2D eigenvalue weighted by Gasteiger charge is -2.22. The fourth-order valence-electron chi connectivity index (χ4n) is 1.29. The number of benzene rings is 1. The molecular formula is C10H15ClN2. The summed E-state index contributed by atoms with van der Waals surface area (Å²) >= 11 is 6.02. The molecule has 0 aromatic heterocycles. The number of anilines is 1. The topological polar surface area (TPSA) is 29.3 Å². The van der Waals surface area contributed by atoms with E-state index in [9.17, 15) is 0 Å². The van der Waals surface area contributed by atoms with Gasteiger partial charge in [0.1, 0.15) is 0 Å². The summed E-state index contributed by atoms with van der Waals surface area (Å²) in [5.74, 6) is 0. The Balaban J connectivity index is 2.76. The van der Waals surface area contributed by atoms with Gasteiger partial charge in [0.05, 0.1) is 10.7 Å². The summed E-state index contributed by atoms with van der Waals surface area (Å²) in [6.07, 6.45) is 0. The smallest absolute Gasteiger partial charge is 0.0639 e. The first kappa shape index (κ1) is 10.4. The zero-order valence-corrected chi connectivity index (χ0v) is 8.75. The molecule has 0 spiro atoms. The van der Waals surface area contributed by atoms with Crippen LogP contribution in [-0.4, -0.2) is 19.6 Å². The average molecular weight is 199 g/mol. The quantitative estimate of drug-likeness (QED) is 0.807. The minimum absolute atomic E-state index is 0.154. The molecule has 0 amide bonds. The van der Waals surface area contributed by atoms with Gasteiger partial charge in [-0.1, -0.05) is 23.7 Å². The number of para-hydroxylation sites is 1. The SMILES string of the molecule is CC(N)CN(C)c1ccccc1Cl. The van der Waals surface area contributed by atoms with Crippen molar-refractivity contribution in [1.82, 2.24) is 0 Å². The summed E-state index contributed by atoms with van der Waals surface area (Å²) in [6.45, 7) is 2.79. The highest BCUT2D eigenvalue weighted by atomic mass is 35.5. The highest BCUT2D eigenvalue weighted by Crippen LogP contribution is 2.23.